The molecule has 0 saturated carbocycles. The van der Waals surface area contributed by atoms with Gasteiger partial charge in [0.05, 0.1) is 34.7 Å². The van der Waals surface area contributed by atoms with Gasteiger partial charge >= 0.3 is 0 Å². The Labute approximate surface area is 168 Å². The standard InChI is InChI=1S/C20H22Cl2N4O/c1-27-15-3-5-18-19(11-15)24-20(23-18)13-26-8-6-25(7-9-26)12-14-2-4-16(21)17(22)10-14/h2-5,10-11H,6-9,12-13H2,1H3,(H,23,24). The number of halogens is 2. The second kappa shape index (κ2) is 8.07. The first-order valence-electron chi connectivity index (χ1n) is 9.02. The molecule has 1 aromatic heterocycles. The molecule has 0 unspecified atom stereocenters. The third-order valence-corrected chi connectivity index (χ3v) is 5.71. The molecule has 7 heteroatoms. The molecule has 142 valence electrons. The molecular weight excluding hydrogens is 383 g/mol. The second-order valence-electron chi connectivity index (χ2n) is 6.87. The van der Waals surface area contributed by atoms with E-state index in [0.29, 0.717) is 10.0 Å². The molecule has 5 nitrogen and oxygen atoms in total. The van der Waals surface area contributed by atoms with Crippen LogP contribution < -0.4 is 4.74 Å². The highest BCUT2D eigenvalue weighted by atomic mass is 35.5. The van der Waals surface area contributed by atoms with Gasteiger partial charge < -0.3 is 9.72 Å². The van der Waals surface area contributed by atoms with Crippen molar-refractivity contribution in [2.75, 3.05) is 33.3 Å². The number of piperazine rings is 1. The molecule has 3 aromatic rings. The Morgan fingerprint density at radius 2 is 1.70 bits per heavy atom. The van der Waals surface area contributed by atoms with Crippen LogP contribution in [0.15, 0.2) is 36.4 Å². The van der Waals surface area contributed by atoms with Crippen molar-refractivity contribution >= 4 is 34.2 Å². The van der Waals surface area contributed by atoms with Gasteiger partial charge in [0.25, 0.3) is 0 Å². The van der Waals surface area contributed by atoms with Crippen LogP contribution in [0.25, 0.3) is 11.0 Å². The molecule has 1 N–H and O–H groups in total. The first kappa shape index (κ1) is 18.6. The number of hydrogen-bond acceptors (Lipinski definition) is 4. The van der Waals surface area contributed by atoms with Crippen molar-refractivity contribution in [1.29, 1.82) is 0 Å². The lowest BCUT2D eigenvalue weighted by molar-refractivity contribution is 0.120. The van der Waals surface area contributed by atoms with E-state index in [9.17, 15) is 0 Å². The minimum absolute atomic E-state index is 0.605. The van der Waals surface area contributed by atoms with E-state index in [-0.39, 0.29) is 0 Å². The molecule has 1 fully saturated rings. The number of hydrogen-bond donors (Lipinski definition) is 1. The van der Waals surface area contributed by atoms with Crippen LogP contribution in [0.3, 0.4) is 0 Å². The average molecular weight is 405 g/mol. The quantitative estimate of drug-likeness (QED) is 0.691. The molecule has 2 aromatic carbocycles. The molecule has 0 spiro atoms. The van der Waals surface area contributed by atoms with E-state index in [1.165, 1.54) is 5.56 Å². The lowest BCUT2D eigenvalue weighted by atomic mass is 10.2. The topological polar surface area (TPSA) is 44.4 Å². The highest BCUT2D eigenvalue weighted by Gasteiger charge is 2.18. The van der Waals surface area contributed by atoms with Crippen molar-refractivity contribution < 1.29 is 4.74 Å². The Hall–Kier alpha value is -1.79. The monoisotopic (exact) mass is 404 g/mol. The molecule has 27 heavy (non-hydrogen) atoms. The summed E-state index contributed by atoms with van der Waals surface area (Å²) < 4.78 is 5.28. The van der Waals surface area contributed by atoms with Gasteiger partial charge in [0.1, 0.15) is 11.6 Å². The van der Waals surface area contributed by atoms with Gasteiger partial charge in [-0.2, -0.15) is 0 Å². The fraction of sp³-hybridized carbons (Fsp3) is 0.350. The van der Waals surface area contributed by atoms with E-state index in [2.05, 4.69) is 14.8 Å². The van der Waals surface area contributed by atoms with Crippen LogP contribution in [0.5, 0.6) is 5.75 Å². The molecule has 1 aliphatic rings. The zero-order valence-corrected chi connectivity index (χ0v) is 16.7. The highest BCUT2D eigenvalue weighted by molar-refractivity contribution is 6.42. The van der Waals surface area contributed by atoms with Crippen LogP contribution in [0.2, 0.25) is 10.0 Å². The molecule has 2 heterocycles. The lowest BCUT2D eigenvalue weighted by Gasteiger charge is -2.34. The number of imidazole rings is 1. The zero-order valence-electron chi connectivity index (χ0n) is 15.2. The van der Waals surface area contributed by atoms with Crippen molar-refractivity contribution in [2.24, 2.45) is 0 Å². The summed E-state index contributed by atoms with van der Waals surface area (Å²) in [4.78, 5) is 13.0. The Kier molecular flexibility index (Phi) is 5.55. The minimum Gasteiger partial charge on any atom is -0.497 e. The average Bonchev–Trinajstić information content (AvgIpc) is 3.07. The predicted molar refractivity (Wildman–Crippen MR) is 110 cm³/mol. The van der Waals surface area contributed by atoms with Gasteiger partial charge in [0.15, 0.2) is 0 Å². The van der Waals surface area contributed by atoms with Gasteiger partial charge in [0, 0.05) is 38.8 Å². The molecule has 0 bridgehead atoms. The minimum atomic E-state index is 0.605. The van der Waals surface area contributed by atoms with Gasteiger partial charge in [-0.15, -0.1) is 0 Å². The Morgan fingerprint density at radius 1 is 0.963 bits per heavy atom. The van der Waals surface area contributed by atoms with E-state index in [0.717, 1.165) is 61.9 Å². The number of H-pyrrole nitrogens is 1. The molecular formula is C20H22Cl2N4O. The first-order chi connectivity index (χ1) is 13.1. The van der Waals surface area contributed by atoms with Crippen LogP contribution in [0.4, 0.5) is 0 Å². The number of ether oxygens (including phenoxy) is 1. The summed E-state index contributed by atoms with van der Waals surface area (Å²) in [7, 11) is 1.68. The Bertz CT molecular complexity index is 935. The maximum atomic E-state index is 6.12. The molecule has 0 amide bonds. The maximum absolute atomic E-state index is 6.12. The summed E-state index contributed by atoms with van der Waals surface area (Å²) in [5.41, 5.74) is 3.19. The molecule has 0 radical (unpaired) electrons. The second-order valence-corrected chi connectivity index (χ2v) is 7.68. The summed E-state index contributed by atoms with van der Waals surface area (Å²) in [6.45, 7) is 5.80. The van der Waals surface area contributed by atoms with Crippen LogP contribution in [0.1, 0.15) is 11.4 Å². The summed E-state index contributed by atoms with van der Waals surface area (Å²) in [6.07, 6.45) is 0. The number of benzene rings is 2. The fourth-order valence-corrected chi connectivity index (χ4v) is 3.78. The van der Waals surface area contributed by atoms with Crippen molar-refractivity contribution in [3.63, 3.8) is 0 Å². The van der Waals surface area contributed by atoms with Crippen LogP contribution >= 0.6 is 23.2 Å². The molecule has 4 rings (SSSR count). The summed E-state index contributed by atoms with van der Waals surface area (Å²) >= 11 is 12.1. The number of aromatic amines is 1. The van der Waals surface area contributed by atoms with Crippen molar-refractivity contribution in [2.45, 2.75) is 13.1 Å². The van der Waals surface area contributed by atoms with Crippen LogP contribution in [-0.2, 0) is 13.1 Å². The normalized spacial score (nSPS) is 16.1. The van der Waals surface area contributed by atoms with E-state index in [4.69, 9.17) is 32.9 Å². The lowest BCUT2D eigenvalue weighted by Crippen LogP contribution is -2.45. The SMILES string of the molecule is COc1ccc2nc(CN3CCN(Cc4ccc(Cl)c(Cl)c4)CC3)[nH]c2c1. The number of methoxy groups -OCH3 is 1. The predicted octanol–water partition coefficient (Wildman–Crippen LogP) is 4.20. The molecule has 0 atom stereocenters. The van der Waals surface area contributed by atoms with Gasteiger partial charge in [0.2, 0.25) is 0 Å². The summed E-state index contributed by atoms with van der Waals surface area (Å²) in [6, 6.07) is 11.8. The summed E-state index contributed by atoms with van der Waals surface area (Å²) in [5.74, 6) is 1.84. The van der Waals surface area contributed by atoms with E-state index >= 15 is 0 Å². The largest absolute Gasteiger partial charge is 0.497 e. The Balaban J connectivity index is 1.33. The number of nitrogens with zero attached hydrogens (tertiary/aromatic N) is 3. The number of nitrogens with one attached hydrogen (secondary N) is 1. The van der Waals surface area contributed by atoms with Gasteiger partial charge in [-0.25, -0.2) is 4.98 Å². The van der Waals surface area contributed by atoms with Crippen molar-refractivity contribution in [1.82, 2.24) is 19.8 Å². The maximum Gasteiger partial charge on any atom is 0.121 e. The number of aromatic nitrogens is 2. The molecule has 1 aliphatic heterocycles. The van der Waals surface area contributed by atoms with E-state index in [1.807, 2.05) is 36.4 Å². The van der Waals surface area contributed by atoms with Crippen LogP contribution in [0, 0.1) is 0 Å². The van der Waals surface area contributed by atoms with Gasteiger partial charge in [-0.1, -0.05) is 29.3 Å². The van der Waals surface area contributed by atoms with E-state index < -0.39 is 0 Å². The number of fused-ring (bicyclic) bond motifs is 1. The number of rotatable bonds is 5. The third kappa shape index (κ3) is 4.38. The van der Waals surface area contributed by atoms with Crippen molar-refractivity contribution in [3.8, 4) is 5.75 Å². The van der Waals surface area contributed by atoms with Crippen LogP contribution in [-0.4, -0.2) is 53.1 Å². The van der Waals surface area contributed by atoms with Gasteiger partial charge in [-0.05, 0) is 29.8 Å². The zero-order chi connectivity index (χ0) is 18.8. The van der Waals surface area contributed by atoms with E-state index in [1.54, 1.807) is 7.11 Å². The molecule has 0 aliphatic carbocycles. The van der Waals surface area contributed by atoms with Gasteiger partial charge in [-0.3, -0.25) is 9.80 Å². The molecule has 1 saturated heterocycles. The highest BCUT2D eigenvalue weighted by Crippen LogP contribution is 2.24. The Morgan fingerprint density at radius 3 is 2.41 bits per heavy atom. The fourth-order valence-electron chi connectivity index (χ4n) is 3.46. The summed E-state index contributed by atoms with van der Waals surface area (Å²) in [5, 5.41) is 1.23. The smallest absolute Gasteiger partial charge is 0.121 e. The van der Waals surface area contributed by atoms with Crippen molar-refractivity contribution in [3.05, 3.63) is 57.8 Å². The first-order valence-corrected chi connectivity index (χ1v) is 9.77. The third-order valence-electron chi connectivity index (χ3n) is 4.97.